The molecule has 3 aliphatic rings. The number of imide groups is 1. The monoisotopic (exact) mass is 486 g/mol. The number of esters is 1. The number of methoxy groups -OCH3 is 1. The summed E-state index contributed by atoms with van der Waals surface area (Å²) in [7, 11) is 1.42. The molecule has 3 aliphatic heterocycles. The third-order valence-corrected chi connectivity index (χ3v) is 8.11. The fourth-order valence-corrected chi connectivity index (χ4v) is 6.17. The predicted octanol–water partition coefficient (Wildman–Crippen LogP) is 4.40. The van der Waals surface area contributed by atoms with Crippen LogP contribution in [0.25, 0.3) is 0 Å². The highest BCUT2D eigenvalue weighted by Gasteiger charge is 2.51. The average molecular weight is 487 g/mol. The summed E-state index contributed by atoms with van der Waals surface area (Å²) in [6.07, 6.45) is 2.60. The molecule has 2 saturated heterocycles. The van der Waals surface area contributed by atoms with Gasteiger partial charge in [0.15, 0.2) is 0 Å². The summed E-state index contributed by atoms with van der Waals surface area (Å²) in [5, 5.41) is 0.953. The van der Waals surface area contributed by atoms with Crippen LogP contribution in [-0.2, 0) is 9.53 Å². The number of ether oxygens (including phenoxy) is 1. The van der Waals surface area contributed by atoms with Crippen molar-refractivity contribution in [3.8, 4) is 0 Å². The van der Waals surface area contributed by atoms with Gasteiger partial charge in [-0.15, -0.1) is 0 Å². The summed E-state index contributed by atoms with van der Waals surface area (Å²) in [6, 6.07) is 12.7. The Morgan fingerprint density at radius 2 is 1.70 bits per heavy atom. The number of carbonyl (C=O) groups excluding carboxylic acids is 3. The number of amides is 2. The van der Waals surface area contributed by atoms with Crippen molar-refractivity contribution in [2.45, 2.75) is 37.3 Å². The van der Waals surface area contributed by atoms with Crippen LogP contribution in [-0.4, -0.2) is 59.9 Å². The van der Waals surface area contributed by atoms with E-state index in [1.807, 2.05) is 12.1 Å². The van der Waals surface area contributed by atoms with E-state index in [1.165, 1.54) is 12.0 Å². The molecule has 2 aromatic rings. The minimum absolute atomic E-state index is 0.0224. The summed E-state index contributed by atoms with van der Waals surface area (Å²) in [5.41, 5.74) is 1.89. The van der Waals surface area contributed by atoms with Crippen LogP contribution in [0, 0.1) is 5.92 Å². The van der Waals surface area contributed by atoms with E-state index in [0.717, 1.165) is 24.8 Å². The van der Waals surface area contributed by atoms with Crippen molar-refractivity contribution < 1.29 is 19.1 Å². The van der Waals surface area contributed by atoms with E-state index in [-0.39, 0.29) is 41.7 Å². The van der Waals surface area contributed by atoms with Gasteiger partial charge in [-0.05, 0) is 49.1 Å². The SMILES string of the molecule is COC(=O)[C@H]1[C@@H](c2ccc(Cl)c(Cl)c2)C[C@@H]2CC[C@H]1N2CCN1C(=O)c2ccccc2C1=O. The molecule has 172 valence electrons. The number of benzene rings is 2. The molecule has 8 heteroatoms. The van der Waals surface area contributed by atoms with Gasteiger partial charge in [0.05, 0.1) is 34.2 Å². The average Bonchev–Trinajstić information content (AvgIpc) is 3.23. The van der Waals surface area contributed by atoms with Gasteiger partial charge in [-0.3, -0.25) is 24.2 Å². The van der Waals surface area contributed by atoms with Crippen LogP contribution < -0.4 is 0 Å². The number of hydrogen-bond donors (Lipinski definition) is 0. The molecule has 0 radical (unpaired) electrons. The quantitative estimate of drug-likeness (QED) is 0.462. The number of hydrogen-bond acceptors (Lipinski definition) is 5. The summed E-state index contributed by atoms with van der Waals surface area (Å²) >= 11 is 12.4. The Balaban J connectivity index is 1.37. The van der Waals surface area contributed by atoms with Crippen molar-refractivity contribution in [1.82, 2.24) is 9.80 Å². The zero-order valence-electron chi connectivity index (χ0n) is 18.2. The molecular weight excluding hydrogens is 463 g/mol. The van der Waals surface area contributed by atoms with Crippen molar-refractivity contribution >= 4 is 41.0 Å². The van der Waals surface area contributed by atoms with Crippen LogP contribution in [0.3, 0.4) is 0 Å². The summed E-state index contributed by atoms with van der Waals surface area (Å²) in [6.45, 7) is 0.826. The number of halogens is 2. The van der Waals surface area contributed by atoms with E-state index in [0.29, 0.717) is 34.3 Å². The maximum absolute atomic E-state index is 12.9. The second-order valence-corrected chi connectivity index (χ2v) is 9.72. The lowest BCUT2D eigenvalue weighted by molar-refractivity contribution is -0.150. The fourth-order valence-electron chi connectivity index (χ4n) is 5.86. The number of rotatable bonds is 5. The lowest BCUT2D eigenvalue weighted by atomic mass is 9.76. The molecule has 2 aromatic carbocycles. The van der Waals surface area contributed by atoms with Crippen LogP contribution in [0.4, 0.5) is 0 Å². The van der Waals surface area contributed by atoms with Gasteiger partial charge in [-0.25, -0.2) is 0 Å². The largest absolute Gasteiger partial charge is 0.469 e. The standard InChI is InChI=1S/C25H24Cl2N2O4/c1-33-25(32)22-18(14-6-8-19(26)20(27)12-14)13-15-7-9-21(22)28(15)10-11-29-23(30)16-4-2-3-5-17(16)24(29)31/h2-6,8,12,15,18,21-22H,7,9-11,13H2,1H3/t15-,18+,21+,22-/m0/s1. The van der Waals surface area contributed by atoms with Gasteiger partial charge in [0.1, 0.15) is 0 Å². The summed E-state index contributed by atoms with van der Waals surface area (Å²) in [5.74, 6) is -1.13. The molecule has 2 amide bonds. The molecule has 0 N–H and O–H groups in total. The molecular formula is C25H24Cl2N2O4. The van der Waals surface area contributed by atoms with Crippen molar-refractivity contribution in [2.75, 3.05) is 20.2 Å². The molecule has 6 nitrogen and oxygen atoms in total. The molecule has 0 saturated carbocycles. The molecule has 0 unspecified atom stereocenters. The van der Waals surface area contributed by atoms with Gasteiger partial charge < -0.3 is 4.74 Å². The second kappa shape index (κ2) is 8.75. The molecule has 33 heavy (non-hydrogen) atoms. The summed E-state index contributed by atoms with van der Waals surface area (Å²) < 4.78 is 5.21. The van der Waals surface area contributed by atoms with E-state index in [4.69, 9.17) is 27.9 Å². The molecule has 0 aliphatic carbocycles. The molecule has 0 spiro atoms. The van der Waals surface area contributed by atoms with Gasteiger partial charge >= 0.3 is 5.97 Å². The van der Waals surface area contributed by atoms with E-state index in [1.54, 1.807) is 30.3 Å². The van der Waals surface area contributed by atoms with Crippen LogP contribution in [0.15, 0.2) is 42.5 Å². The maximum Gasteiger partial charge on any atom is 0.310 e. The minimum atomic E-state index is -0.354. The Labute approximate surface area is 202 Å². The van der Waals surface area contributed by atoms with Crippen molar-refractivity contribution in [1.29, 1.82) is 0 Å². The van der Waals surface area contributed by atoms with Gasteiger partial charge in [0.2, 0.25) is 0 Å². The Morgan fingerprint density at radius 1 is 1.00 bits per heavy atom. The lowest BCUT2D eigenvalue weighted by Gasteiger charge is -2.44. The minimum Gasteiger partial charge on any atom is -0.469 e. The topological polar surface area (TPSA) is 66.9 Å². The normalized spacial score (nSPS) is 26.6. The van der Waals surface area contributed by atoms with E-state index in [2.05, 4.69) is 4.90 Å². The van der Waals surface area contributed by atoms with Crippen LogP contribution in [0.1, 0.15) is 51.5 Å². The van der Waals surface area contributed by atoms with Crippen LogP contribution >= 0.6 is 23.2 Å². The Bertz CT molecular complexity index is 1100. The van der Waals surface area contributed by atoms with Gasteiger partial charge in [0.25, 0.3) is 11.8 Å². The van der Waals surface area contributed by atoms with E-state index in [9.17, 15) is 14.4 Å². The second-order valence-electron chi connectivity index (χ2n) is 8.91. The first-order valence-electron chi connectivity index (χ1n) is 11.1. The predicted molar refractivity (Wildman–Crippen MR) is 125 cm³/mol. The third-order valence-electron chi connectivity index (χ3n) is 7.37. The van der Waals surface area contributed by atoms with Crippen molar-refractivity contribution in [3.05, 3.63) is 69.2 Å². The third kappa shape index (κ3) is 3.74. The molecule has 2 bridgehead atoms. The summed E-state index contributed by atoms with van der Waals surface area (Å²) in [4.78, 5) is 42.1. The molecule has 2 fully saturated rings. The van der Waals surface area contributed by atoms with Gasteiger partial charge in [0, 0.05) is 31.1 Å². The first-order chi connectivity index (χ1) is 15.9. The van der Waals surface area contributed by atoms with Gasteiger partial charge in [-0.2, -0.15) is 0 Å². The Morgan fingerprint density at radius 3 is 2.33 bits per heavy atom. The fraction of sp³-hybridized carbons (Fsp3) is 0.400. The maximum atomic E-state index is 12.9. The van der Waals surface area contributed by atoms with Crippen LogP contribution in [0.5, 0.6) is 0 Å². The number of fused-ring (bicyclic) bond motifs is 3. The highest BCUT2D eigenvalue weighted by atomic mass is 35.5. The highest BCUT2D eigenvalue weighted by Crippen LogP contribution is 2.48. The zero-order chi connectivity index (χ0) is 23.3. The Hall–Kier alpha value is -2.41. The molecule has 5 rings (SSSR count). The number of carbonyl (C=O) groups is 3. The van der Waals surface area contributed by atoms with Gasteiger partial charge in [-0.1, -0.05) is 41.4 Å². The lowest BCUT2D eigenvalue weighted by Crippen LogP contribution is -2.53. The zero-order valence-corrected chi connectivity index (χ0v) is 19.7. The Kier molecular flexibility index (Phi) is 5.93. The first kappa shape index (κ1) is 22.4. The molecule has 4 atom stereocenters. The van der Waals surface area contributed by atoms with E-state index < -0.39 is 0 Å². The number of nitrogens with zero attached hydrogens (tertiary/aromatic N) is 2. The van der Waals surface area contributed by atoms with Crippen molar-refractivity contribution in [2.24, 2.45) is 5.92 Å². The van der Waals surface area contributed by atoms with E-state index >= 15 is 0 Å². The highest BCUT2D eigenvalue weighted by molar-refractivity contribution is 6.42. The van der Waals surface area contributed by atoms with Crippen molar-refractivity contribution in [3.63, 3.8) is 0 Å². The molecule has 0 aromatic heterocycles. The molecule has 3 heterocycles. The first-order valence-corrected chi connectivity index (χ1v) is 11.9. The smallest absolute Gasteiger partial charge is 0.310 e. The number of piperidine rings is 1. The van der Waals surface area contributed by atoms with Crippen LogP contribution in [0.2, 0.25) is 10.0 Å².